The quantitative estimate of drug-likeness (QED) is 0.535. The zero-order valence-electron chi connectivity index (χ0n) is 14.6. The summed E-state index contributed by atoms with van der Waals surface area (Å²) in [6.07, 6.45) is 5.40. The molecule has 0 saturated heterocycles. The van der Waals surface area contributed by atoms with E-state index in [1.54, 1.807) is 0 Å². The van der Waals surface area contributed by atoms with E-state index in [1.807, 2.05) is 0 Å². The molecular formula is C17H15NO9S. The summed E-state index contributed by atoms with van der Waals surface area (Å²) in [7, 11) is -2.49. The largest absolute Gasteiger partial charge is 0.478 e. The lowest BCUT2D eigenvalue weighted by molar-refractivity contribution is -0.139. The first-order valence-corrected chi connectivity index (χ1v) is 8.95. The third-order valence-corrected chi connectivity index (χ3v) is 4.49. The number of benzene rings is 1. The number of aromatic carboxylic acids is 1. The SMILES string of the molecule is COC(=O)C1=C(C(=O)OC)N(c2ccc(S(=O)(=O)O)cc2C(=O)O)C=CC=C1. The number of hydrogen-bond acceptors (Lipinski definition) is 8. The Hall–Kier alpha value is -3.44. The summed E-state index contributed by atoms with van der Waals surface area (Å²) in [5.41, 5.74) is -1.26. The molecule has 0 fully saturated rings. The Morgan fingerprint density at radius 3 is 2.21 bits per heavy atom. The maximum Gasteiger partial charge on any atom is 0.355 e. The molecule has 1 heterocycles. The molecule has 0 saturated carbocycles. The van der Waals surface area contributed by atoms with Crippen molar-refractivity contribution in [3.8, 4) is 0 Å². The van der Waals surface area contributed by atoms with Crippen LogP contribution >= 0.6 is 0 Å². The van der Waals surface area contributed by atoms with Crippen LogP contribution in [0.3, 0.4) is 0 Å². The molecule has 148 valence electrons. The summed E-state index contributed by atoms with van der Waals surface area (Å²) < 4.78 is 41.2. The number of carbonyl (C=O) groups is 3. The Balaban J connectivity index is 2.81. The van der Waals surface area contributed by atoms with Crippen LogP contribution in [0.1, 0.15) is 10.4 Å². The van der Waals surface area contributed by atoms with Crippen molar-refractivity contribution in [3.05, 3.63) is 59.5 Å². The molecule has 2 rings (SSSR count). The van der Waals surface area contributed by atoms with E-state index in [0.29, 0.717) is 0 Å². The zero-order chi connectivity index (χ0) is 21.1. The van der Waals surface area contributed by atoms with Crippen molar-refractivity contribution in [2.45, 2.75) is 4.90 Å². The van der Waals surface area contributed by atoms with Crippen LogP contribution in [0.2, 0.25) is 0 Å². The highest BCUT2D eigenvalue weighted by atomic mass is 32.2. The molecule has 0 radical (unpaired) electrons. The standard InChI is InChI=1S/C17H15NO9S/c1-26-16(21)11-5-3-4-8-18(14(11)17(22)27-2)13-7-6-10(28(23,24)25)9-12(13)15(19)20/h3-9H,1-2H3,(H,19,20)(H,23,24,25). The predicted octanol–water partition coefficient (Wildman–Crippen LogP) is 1.12. The van der Waals surface area contributed by atoms with E-state index < -0.39 is 38.5 Å². The average Bonchev–Trinajstić information content (AvgIpc) is 2.88. The minimum Gasteiger partial charge on any atom is -0.478 e. The monoisotopic (exact) mass is 409 g/mol. The second-order valence-corrected chi connectivity index (χ2v) is 6.70. The molecule has 0 unspecified atom stereocenters. The third kappa shape index (κ3) is 4.10. The van der Waals surface area contributed by atoms with Crippen LogP contribution in [0.4, 0.5) is 5.69 Å². The van der Waals surface area contributed by atoms with Crippen LogP contribution in [0, 0.1) is 0 Å². The van der Waals surface area contributed by atoms with E-state index in [9.17, 15) is 27.9 Å². The first kappa shape index (κ1) is 20.9. The number of carboxylic acids is 1. The van der Waals surface area contributed by atoms with Crippen LogP contribution in [-0.2, 0) is 29.2 Å². The van der Waals surface area contributed by atoms with Crippen molar-refractivity contribution in [2.75, 3.05) is 19.1 Å². The van der Waals surface area contributed by atoms with Gasteiger partial charge >= 0.3 is 17.9 Å². The lowest BCUT2D eigenvalue weighted by atomic mass is 10.1. The van der Waals surface area contributed by atoms with Gasteiger partial charge in [-0.2, -0.15) is 8.42 Å². The summed E-state index contributed by atoms with van der Waals surface area (Å²) in [5, 5.41) is 9.49. The minimum absolute atomic E-state index is 0.151. The van der Waals surface area contributed by atoms with Crippen LogP contribution in [-0.4, -0.2) is 50.2 Å². The molecule has 0 bridgehead atoms. The van der Waals surface area contributed by atoms with Crippen molar-refractivity contribution >= 4 is 33.7 Å². The highest BCUT2D eigenvalue weighted by Gasteiger charge is 2.30. The third-order valence-electron chi connectivity index (χ3n) is 3.65. The van der Waals surface area contributed by atoms with Gasteiger partial charge in [-0.1, -0.05) is 6.08 Å². The summed E-state index contributed by atoms with van der Waals surface area (Å²) in [5.74, 6) is -3.38. The van der Waals surface area contributed by atoms with E-state index in [-0.39, 0.29) is 17.0 Å². The molecule has 1 aliphatic heterocycles. The fraction of sp³-hybridized carbons (Fsp3) is 0.118. The molecular weight excluding hydrogens is 394 g/mol. The van der Waals surface area contributed by atoms with Gasteiger partial charge in [0.2, 0.25) is 0 Å². The Morgan fingerprint density at radius 2 is 1.68 bits per heavy atom. The van der Waals surface area contributed by atoms with Gasteiger partial charge in [0.25, 0.3) is 10.1 Å². The van der Waals surface area contributed by atoms with Crippen LogP contribution in [0.25, 0.3) is 0 Å². The van der Waals surface area contributed by atoms with E-state index >= 15 is 0 Å². The number of nitrogens with zero attached hydrogens (tertiary/aromatic N) is 1. The molecule has 10 nitrogen and oxygen atoms in total. The molecule has 1 aromatic rings. The number of hydrogen-bond donors (Lipinski definition) is 2. The molecule has 28 heavy (non-hydrogen) atoms. The number of esters is 2. The molecule has 0 aliphatic carbocycles. The summed E-state index contributed by atoms with van der Waals surface area (Å²) in [4.78, 5) is 36.6. The molecule has 0 spiro atoms. The zero-order valence-corrected chi connectivity index (χ0v) is 15.5. The van der Waals surface area contributed by atoms with E-state index in [4.69, 9.17) is 9.29 Å². The van der Waals surface area contributed by atoms with Gasteiger partial charge in [0.15, 0.2) is 0 Å². The first-order valence-electron chi connectivity index (χ1n) is 7.51. The number of carbonyl (C=O) groups excluding carboxylic acids is 2. The predicted molar refractivity (Wildman–Crippen MR) is 95.0 cm³/mol. The minimum atomic E-state index is -4.67. The second kappa shape index (κ2) is 8.06. The summed E-state index contributed by atoms with van der Waals surface area (Å²) in [6, 6.07) is 2.75. The molecule has 0 atom stereocenters. The van der Waals surface area contributed by atoms with Gasteiger partial charge in [-0.25, -0.2) is 14.4 Å². The smallest absolute Gasteiger partial charge is 0.355 e. The average molecular weight is 409 g/mol. The number of carboxylic acid groups (broad SMARTS) is 1. The topological polar surface area (TPSA) is 148 Å². The van der Waals surface area contributed by atoms with E-state index in [1.165, 1.54) is 24.4 Å². The van der Waals surface area contributed by atoms with Crippen LogP contribution < -0.4 is 4.90 Å². The van der Waals surface area contributed by atoms with Gasteiger partial charge in [0.1, 0.15) is 5.70 Å². The Labute approximate surface area is 159 Å². The number of rotatable bonds is 5. The molecule has 11 heteroatoms. The molecule has 2 N–H and O–H groups in total. The number of methoxy groups -OCH3 is 2. The maximum absolute atomic E-state index is 12.4. The second-order valence-electron chi connectivity index (χ2n) is 5.28. The van der Waals surface area contributed by atoms with Gasteiger partial charge in [-0.3, -0.25) is 4.55 Å². The lowest BCUT2D eigenvalue weighted by Gasteiger charge is -2.24. The molecule has 0 aromatic heterocycles. The lowest BCUT2D eigenvalue weighted by Crippen LogP contribution is -2.28. The Kier molecular flexibility index (Phi) is 6.01. The summed E-state index contributed by atoms with van der Waals surface area (Å²) in [6.45, 7) is 0. The van der Waals surface area contributed by atoms with Crippen LogP contribution in [0.5, 0.6) is 0 Å². The molecule has 1 aromatic carbocycles. The van der Waals surface area contributed by atoms with Gasteiger partial charge < -0.3 is 19.5 Å². The van der Waals surface area contributed by atoms with Gasteiger partial charge in [-0.15, -0.1) is 0 Å². The van der Waals surface area contributed by atoms with Gasteiger partial charge in [0, 0.05) is 6.20 Å². The van der Waals surface area contributed by atoms with Crippen molar-refractivity contribution in [2.24, 2.45) is 0 Å². The van der Waals surface area contributed by atoms with Crippen molar-refractivity contribution in [3.63, 3.8) is 0 Å². The fourth-order valence-corrected chi connectivity index (χ4v) is 2.91. The van der Waals surface area contributed by atoms with Gasteiger partial charge in [0.05, 0.1) is 35.9 Å². The van der Waals surface area contributed by atoms with Gasteiger partial charge in [-0.05, 0) is 30.4 Å². The van der Waals surface area contributed by atoms with Crippen molar-refractivity contribution in [1.29, 1.82) is 0 Å². The summed E-state index contributed by atoms with van der Waals surface area (Å²) >= 11 is 0. The highest BCUT2D eigenvalue weighted by molar-refractivity contribution is 7.85. The number of anilines is 1. The normalized spacial score (nSPS) is 13.9. The maximum atomic E-state index is 12.4. The van der Waals surface area contributed by atoms with Crippen LogP contribution in [0.15, 0.2) is 58.8 Å². The fourth-order valence-electron chi connectivity index (χ4n) is 2.41. The number of allylic oxidation sites excluding steroid dienone is 2. The Morgan fingerprint density at radius 1 is 1.04 bits per heavy atom. The highest BCUT2D eigenvalue weighted by Crippen LogP contribution is 2.31. The van der Waals surface area contributed by atoms with Crippen molar-refractivity contribution < 1.29 is 41.9 Å². The van der Waals surface area contributed by atoms with Crippen molar-refractivity contribution in [1.82, 2.24) is 0 Å². The number of ether oxygens (including phenoxy) is 2. The Bertz CT molecular complexity index is 1030. The first-order chi connectivity index (χ1) is 13.1. The molecule has 0 amide bonds. The van der Waals surface area contributed by atoms with E-state index in [0.717, 1.165) is 37.3 Å². The molecule has 1 aliphatic rings. The van der Waals surface area contributed by atoms with E-state index in [2.05, 4.69) is 4.74 Å².